The Labute approximate surface area is 110 Å². The summed E-state index contributed by atoms with van der Waals surface area (Å²) in [6, 6.07) is 6.09. The third kappa shape index (κ3) is 2.62. The Morgan fingerprint density at radius 2 is 2.22 bits per heavy atom. The van der Waals surface area contributed by atoms with Crippen molar-refractivity contribution in [3.05, 3.63) is 23.7 Å². The fraction of sp³-hybridized carbons (Fsp3) is 0.733. The lowest BCUT2D eigenvalue weighted by Crippen LogP contribution is -2.40. The molecule has 1 aromatic heterocycles. The molecule has 2 atom stereocenters. The largest absolute Gasteiger partial charge is 0.465 e. The summed E-state index contributed by atoms with van der Waals surface area (Å²) in [5, 5.41) is 3.61. The van der Waals surface area contributed by atoms with Crippen molar-refractivity contribution >= 4 is 0 Å². The van der Waals surface area contributed by atoms with Crippen LogP contribution in [-0.2, 0) is 0 Å². The molecule has 100 valence electrons. The van der Waals surface area contributed by atoms with Crippen molar-refractivity contribution in [1.82, 2.24) is 10.2 Å². The molecule has 1 aliphatic heterocycles. The summed E-state index contributed by atoms with van der Waals surface area (Å²) in [6.45, 7) is 6.67. The molecule has 1 aliphatic carbocycles. The molecule has 1 aromatic rings. The third-order valence-corrected chi connectivity index (χ3v) is 4.28. The van der Waals surface area contributed by atoms with Gasteiger partial charge in [-0.15, -0.1) is 0 Å². The second-order valence-electron chi connectivity index (χ2n) is 5.85. The molecule has 3 heteroatoms. The minimum absolute atomic E-state index is 0.411. The van der Waals surface area contributed by atoms with Gasteiger partial charge in [-0.25, -0.2) is 0 Å². The first-order valence-corrected chi connectivity index (χ1v) is 7.29. The fourth-order valence-electron chi connectivity index (χ4n) is 3.04. The maximum Gasteiger partial charge on any atom is 0.121 e. The van der Waals surface area contributed by atoms with E-state index in [4.69, 9.17) is 4.42 Å². The lowest BCUT2D eigenvalue weighted by atomic mass is 10.1. The summed E-state index contributed by atoms with van der Waals surface area (Å²) in [5.41, 5.74) is 0. The Morgan fingerprint density at radius 1 is 1.39 bits per heavy atom. The van der Waals surface area contributed by atoms with Crippen LogP contribution in [0.4, 0.5) is 0 Å². The van der Waals surface area contributed by atoms with E-state index in [9.17, 15) is 0 Å². The highest BCUT2D eigenvalue weighted by Gasteiger charge is 2.35. The van der Waals surface area contributed by atoms with Gasteiger partial charge in [0, 0.05) is 18.6 Å². The van der Waals surface area contributed by atoms with E-state index >= 15 is 0 Å². The fourth-order valence-corrected chi connectivity index (χ4v) is 3.04. The average molecular weight is 248 g/mol. The van der Waals surface area contributed by atoms with Gasteiger partial charge in [0.25, 0.3) is 0 Å². The second kappa shape index (κ2) is 5.06. The molecule has 1 saturated heterocycles. The van der Waals surface area contributed by atoms with Crippen LogP contribution in [0.1, 0.15) is 50.2 Å². The smallest absolute Gasteiger partial charge is 0.121 e. The first-order valence-electron chi connectivity index (χ1n) is 7.29. The summed E-state index contributed by atoms with van der Waals surface area (Å²) in [4.78, 5) is 2.64. The molecular weight excluding hydrogens is 224 g/mol. The van der Waals surface area contributed by atoms with Crippen LogP contribution in [0.25, 0.3) is 0 Å². The quantitative estimate of drug-likeness (QED) is 0.868. The standard InChI is InChI=1S/C15H24N2O/c1-11-5-8-15(18-11)12(2)17(14-6-7-14)10-13-4-3-9-16-13/h5,8,12-14,16H,3-4,6-7,9-10H2,1-2H3. The number of nitrogens with one attached hydrogen (secondary N) is 1. The highest BCUT2D eigenvalue weighted by molar-refractivity contribution is 5.10. The van der Waals surface area contributed by atoms with Gasteiger partial charge in [0.05, 0.1) is 6.04 Å². The summed E-state index contributed by atoms with van der Waals surface area (Å²) < 4.78 is 5.81. The summed E-state index contributed by atoms with van der Waals surface area (Å²) in [5.74, 6) is 2.14. The van der Waals surface area contributed by atoms with Crippen molar-refractivity contribution in [3.8, 4) is 0 Å². The number of furan rings is 1. The van der Waals surface area contributed by atoms with Crippen LogP contribution in [-0.4, -0.2) is 30.1 Å². The van der Waals surface area contributed by atoms with E-state index in [-0.39, 0.29) is 0 Å². The van der Waals surface area contributed by atoms with Gasteiger partial charge < -0.3 is 9.73 Å². The zero-order valence-electron chi connectivity index (χ0n) is 11.5. The van der Waals surface area contributed by atoms with E-state index in [2.05, 4.69) is 29.3 Å². The van der Waals surface area contributed by atoms with Gasteiger partial charge in [-0.2, -0.15) is 0 Å². The van der Waals surface area contributed by atoms with E-state index in [1.54, 1.807) is 0 Å². The van der Waals surface area contributed by atoms with E-state index in [1.807, 2.05) is 6.92 Å². The molecular formula is C15H24N2O. The zero-order valence-corrected chi connectivity index (χ0v) is 11.5. The highest BCUT2D eigenvalue weighted by atomic mass is 16.3. The monoisotopic (exact) mass is 248 g/mol. The van der Waals surface area contributed by atoms with E-state index in [1.165, 1.54) is 38.8 Å². The average Bonchev–Trinajstić information content (AvgIpc) is 2.88. The minimum atomic E-state index is 0.411. The van der Waals surface area contributed by atoms with Gasteiger partial charge in [0.15, 0.2) is 0 Å². The van der Waals surface area contributed by atoms with Crippen molar-refractivity contribution in [2.24, 2.45) is 0 Å². The van der Waals surface area contributed by atoms with Gasteiger partial charge in [0.2, 0.25) is 0 Å². The van der Waals surface area contributed by atoms with Gasteiger partial charge in [-0.05, 0) is 58.2 Å². The van der Waals surface area contributed by atoms with Crippen LogP contribution in [0, 0.1) is 6.92 Å². The SMILES string of the molecule is Cc1ccc(C(C)N(CC2CCCN2)C2CC2)o1. The highest BCUT2D eigenvalue weighted by Crippen LogP contribution is 2.35. The van der Waals surface area contributed by atoms with Crippen LogP contribution < -0.4 is 5.32 Å². The normalized spacial score (nSPS) is 25.8. The molecule has 1 saturated carbocycles. The molecule has 0 amide bonds. The third-order valence-electron chi connectivity index (χ3n) is 4.28. The van der Waals surface area contributed by atoms with Crippen LogP contribution in [0.2, 0.25) is 0 Å². The molecule has 3 nitrogen and oxygen atoms in total. The molecule has 3 rings (SSSR count). The number of nitrogens with zero attached hydrogens (tertiary/aromatic N) is 1. The van der Waals surface area contributed by atoms with Crippen molar-refractivity contribution in [2.45, 2.75) is 57.7 Å². The second-order valence-corrected chi connectivity index (χ2v) is 5.85. The van der Waals surface area contributed by atoms with Gasteiger partial charge in [0.1, 0.15) is 11.5 Å². The van der Waals surface area contributed by atoms with Crippen molar-refractivity contribution in [2.75, 3.05) is 13.1 Å². The topological polar surface area (TPSA) is 28.4 Å². The van der Waals surface area contributed by atoms with E-state index in [0.29, 0.717) is 12.1 Å². The Balaban J connectivity index is 1.68. The molecule has 0 aromatic carbocycles. The molecule has 18 heavy (non-hydrogen) atoms. The number of aryl methyl sites for hydroxylation is 1. The first-order chi connectivity index (χ1) is 8.74. The molecule has 0 radical (unpaired) electrons. The van der Waals surface area contributed by atoms with Crippen molar-refractivity contribution in [3.63, 3.8) is 0 Å². The number of hydrogen-bond donors (Lipinski definition) is 1. The first kappa shape index (κ1) is 12.2. The van der Waals surface area contributed by atoms with Crippen molar-refractivity contribution < 1.29 is 4.42 Å². The van der Waals surface area contributed by atoms with Crippen LogP contribution in [0.15, 0.2) is 16.5 Å². The molecule has 2 aliphatic rings. The predicted octanol–water partition coefficient (Wildman–Crippen LogP) is 2.87. The Bertz CT molecular complexity index is 391. The molecule has 2 heterocycles. The zero-order chi connectivity index (χ0) is 12.5. The van der Waals surface area contributed by atoms with Crippen LogP contribution >= 0.6 is 0 Å². The summed E-state index contributed by atoms with van der Waals surface area (Å²) in [6.07, 6.45) is 5.37. The molecule has 1 N–H and O–H groups in total. The van der Waals surface area contributed by atoms with Gasteiger partial charge in [-0.1, -0.05) is 0 Å². The molecule has 2 fully saturated rings. The van der Waals surface area contributed by atoms with E-state index in [0.717, 1.165) is 17.6 Å². The van der Waals surface area contributed by atoms with E-state index < -0.39 is 0 Å². The maximum absolute atomic E-state index is 5.81. The summed E-state index contributed by atoms with van der Waals surface area (Å²) >= 11 is 0. The Morgan fingerprint density at radius 3 is 2.78 bits per heavy atom. The lowest BCUT2D eigenvalue weighted by Gasteiger charge is -2.30. The molecule has 2 unspecified atom stereocenters. The van der Waals surface area contributed by atoms with Crippen LogP contribution in [0.5, 0.6) is 0 Å². The molecule has 0 bridgehead atoms. The van der Waals surface area contributed by atoms with Crippen LogP contribution in [0.3, 0.4) is 0 Å². The summed E-state index contributed by atoms with van der Waals surface area (Å²) in [7, 11) is 0. The predicted molar refractivity (Wildman–Crippen MR) is 72.6 cm³/mol. The molecule has 0 spiro atoms. The maximum atomic E-state index is 5.81. The van der Waals surface area contributed by atoms with Gasteiger partial charge >= 0.3 is 0 Å². The van der Waals surface area contributed by atoms with Gasteiger partial charge in [-0.3, -0.25) is 4.90 Å². The minimum Gasteiger partial charge on any atom is -0.465 e. The lowest BCUT2D eigenvalue weighted by molar-refractivity contribution is 0.162. The Kier molecular flexibility index (Phi) is 3.44. The Hall–Kier alpha value is -0.800. The number of hydrogen-bond acceptors (Lipinski definition) is 3. The van der Waals surface area contributed by atoms with Crippen molar-refractivity contribution in [1.29, 1.82) is 0 Å². The number of rotatable bonds is 5.